The van der Waals surface area contributed by atoms with E-state index in [9.17, 15) is 0 Å². The van der Waals surface area contributed by atoms with Crippen LogP contribution < -0.4 is 10.5 Å². The molecule has 0 aliphatic rings. The first-order valence-electron chi connectivity index (χ1n) is 5.52. The van der Waals surface area contributed by atoms with Crippen LogP contribution >= 0.6 is 0 Å². The third-order valence-electron chi connectivity index (χ3n) is 2.08. The molecule has 0 atom stereocenters. The predicted molar refractivity (Wildman–Crippen MR) is 64.5 cm³/mol. The molecule has 0 aliphatic heterocycles. The van der Waals surface area contributed by atoms with Crippen molar-refractivity contribution < 1.29 is 4.74 Å². The minimum atomic E-state index is 0.467. The van der Waals surface area contributed by atoms with Gasteiger partial charge in [0.15, 0.2) is 0 Å². The zero-order valence-electron chi connectivity index (χ0n) is 10.2. The molecule has 2 N–H and O–H groups in total. The van der Waals surface area contributed by atoms with Gasteiger partial charge in [-0.15, -0.1) is 0 Å². The Balaban J connectivity index is 2.44. The number of nitrogens with zero attached hydrogens (tertiary/aromatic N) is 3. The molecule has 0 fully saturated rings. The van der Waals surface area contributed by atoms with Crippen molar-refractivity contribution >= 4 is 5.82 Å². The molecule has 1 aromatic heterocycles. The van der Waals surface area contributed by atoms with Crippen LogP contribution in [0.15, 0.2) is 6.07 Å². The van der Waals surface area contributed by atoms with Gasteiger partial charge in [-0.3, -0.25) is 0 Å². The number of anilines is 1. The van der Waals surface area contributed by atoms with Gasteiger partial charge in [-0.1, -0.05) is 6.92 Å². The van der Waals surface area contributed by atoms with Crippen LogP contribution in [0.5, 0.6) is 5.88 Å². The van der Waals surface area contributed by atoms with Gasteiger partial charge in [0.05, 0.1) is 6.61 Å². The maximum atomic E-state index is 5.65. The average molecular weight is 224 g/mol. The van der Waals surface area contributed by atoms with Gasteiger partial charge >= 0.3 is 0 Å². The van der Waals surface area contributed by atoms with Gasteiger partial charge in [0.2, 0.25) is 5.88 Å². The van der Waals surface area contributed by atoms with Gasteiger partial charge in [-0.2, -0.15) is 4.98 Å². The fraction of sp³-hybridized carbons (Fsp3) is 0.636. The quantitative estimate of drug-likeness (QED) is 0.729. The summed E-state index contributed by atoms with van der Waals surface area (Å²) in [7, 11) is 4.08. The van der Waals surface area contributed by atoms with Gasteiger partial charge in [0.1, 0.15) is 11.6 Å². The number of rotatable bonds is 6. The van der Waals surface area contributed by atoms with Crippen molar-refractivity contribution in [3.05, 3.63) is 11.9 Å². The van der Waals surface area contributed by atoms with E-state index < -0.39 is 0 Å². The van der Waals surface area contributed by atoms with E-state index in [2.05, 4.69) is 14.9 Å². The van der Waals surface area contributed by atoms with Crippen LogP contribution in [-0.4, -0.2) is 42.1 Å². The predicted octanol–water partition coefficient (Wildman–Crippen LogP) is 0.952. The molecule has 0 bridgehead atoms. The number of aromatic nitrogens is 2. The Kier molecular flexibility index (Phi) is 4.98. The van der Waals surface area contributed by atoms with Crippen molar-refractivity contribution in [3.63, 3.8) is 0 Å². The lowest BCUT2D eigenvalue weighted by Crippen LogP contribution is -2.16. The molecule has 5 heteroatoms. The highest BCUT2D eigenvalue weighted by Crippen LogP contribution is 2.11. The largest absolute Gasteiger partial charge is 0.477 e. The third kappa shape index (κ3) is 4.44. The Morgan fingerprint density at radius 3 is 2.75 bits per heavy atom. The van der Waals surface area contributed by atoms with E-state index in [-0.39, 0.29) is 0 Å². The lowest BCUT2D eigenvalue weighted by molar-refractivity contribution is 0.272. The van der Waals surface area contributed by atoms with Crippen molar-refractivity contribution in [1.82, 2.24) is 14.9 Å². The highest BCUT2D eigenvalue weighted by molar-refractivity contribution is 5.32. The normalized spacial score (nSPS) is 10.8. The van der Waals surface area contributed by atoms with E-state index in [4.69, 9.17) is 10.5 Å². The van der Waals surface area contributed by atoms with E-state index in [1.807, 2.05) is 21.0 Å². The first-order valence-corrected chi connectivity index (χ1v) is 5.52. The van der Waals surface area contributed by atoms with Gasteiger partial charge in [-0.05, 0) is 20.5 Å². The monoisotopic (exact) mass is 224 g/mol. The van der Waals surface area contributed by atoms with Gasteiger partial charge in [-0.25, -0.2) is 4.98 Å². The smallest absolute Gasteiger partial charge is 0.218 e. The van der Waals surface area contributed by atoms with E-state index in [0.29, 0.717) is 18.3 Å². The highest BCUT2D eigenvalue weighted by atomic mass is 16.5. The lowest BCUT2D eigenvalue weighted by atomic mass is 10.4. The van der Waals surface area contributed by atoms with E-state index in [1.54, 1.807) is 6.07 Å². The summed E-state index contributed by atoms with van der Waals surface area (Å²) in [5.74, 6) is 1.76. The van der Waals surface area contributed by atoms with Crippen LogP contribution in [0.3, 0.4) is 0 Å². The van der Waals surface area contributed by atoms with Gasteiger partial charge < -0.3 is 15.4 Å². The van der Waals surface area contributed by atoms with E-state index in [0.717, 1.165) is 25.2 Å². The lowest BCUT2D eigenvalue weighted by Gasteiger charge is -2.10. The van der Waals surface area contributed by atoms with Crippen molar-refractivity contribution in [2.45, 2.75) is 19.8 Å². The molecule has 5 nitrogen and oxygen atoms in total. The number of nitrogen functional groups attached to an aromatic ring is 1. The summed E-state index contributed by atoms with van der Waals surface area (Å²) in [6.45, 7) is 3.64. The number of aryl methyl sites for hydroxylation is 1. The van der Waals surface area contributed by atoms with Gasteiger partial charge in [0.25, 0.3) is 0 Å². The standard InChI is InChI=1S/C11H20N4O/c1-4-10-13-9(12)8-11(14-10)16-7-5-6-15(2)3/h8H,4-7H2,1-3H3,(H2,12,13,14). The maximum Gasteiger partial charge on any atom is 0.218 e. The molecule has 0 amide bonds. The highest BCUT2D eigenvalue weighted by Gasteiger charge is 2.02. The summed E-state index contributed by atoms with van der Waals surface area (Å²) in [4.78, 5) is 10.4. The second kappa shape index (κ2) is 6.27. The molecule has 0 spiro atoms. The fourth-order valence-electron chi connectivity index (χ4n) is 1.28. The molecule has 90 valence electrons. The van der Waals surface area contributed by atoms with Crippen LogP contribution in [0.4, 0.5) is 5.82 Å². The van der Waals surface area contributed by atoms with Crippen LogP contribution in [0.25, 0.3) is 0 Å². The summed E-state index contributed by atoms with van der Waals surface area (Å²) in [6, 6.07) is 1.66. The molecular weight excluding hydrogens is 204 g/mol. The van der Waals surface area contributed by atoms with Crippen LogP contribution in [0.1, 0.15) is 19.2 Å². The second-order valence-electron chi connectivity index (χ2n) is 3.91. The zero-order valence-corrected chi connectivity index (χ0v) is 10.2. The summed E-state index contributed by atoms with van der Waals surface area (Å²) >= 11 is 0. The first kappa shape index (κ1) is 12.7. The average Bonchev–Trinajstić information content (AvgIpc) is 2.23. The van der Waals surface area contributed by atoms with Crippen LogP contribution in [-0.2, 0) is 6.42 Å². The molecule has 0 aliphatic carbocycles. The number of nitrogens with two attached hydrogens (primary N) is 1. The minimum absolute atomic E-state index is 0.467. The molecule has 0 saturated heterocycles. The maximum absolute atomic E-state index is 5.65. The van der Waals surface area contributed by atoms with Crippen LogP contribution in [0.2, 0.25) is 0 Å². The van der Waals surface area contributed by atoms with Crippen molar-refractivity contribution in [2.24, 2.45) is 0 Å². The van der Waals surface area contributed by atoms with Crippen molar-refractivity contribution in [3.8, 4) is 5.88 Å². The summed E-state index contributed by atoms with van der Waals surface area (Å²) in [6.07, 6.45) is 1.73. The minimum Gasteiger partial charge on any atom is -0.477 e. The molecule has 16 heavy (non-hydrogen) atoms. The number of ether oxygens (including phenoxy) is 1. The van der Waals surface area contributed by atoms with E-state index in [1.165, 1.54) is 0 Å². The Hall–Kier alpha value is -1.36. The zero-order chi connectivity index (χ0) is 12.0. The number of hydrogen-bond acceptors (Lipinski definition) is 5. The second-order valence-corrected chi connectivity index (χ2v) is 3.91. The van der Waals surface area contributed by atoms with Gasteiger partial charge in [0, 0.05) is 19.0 Å². The fourth-order valence-corrected chi connectivity index (χ4v) is 1.28. The first-order chi connectivity index (χ1) is 7.61. The molecule has 0 unspecified atom stereocenters. The summed E-state index contributed by atoms with van der Waals surface area (Å²) in [5, 5.41) is 0. The Morgan fingerprint density at radius 1 is 1.38 bits per heavy atom. The summed E-state index contributed by atoms with van der Waals surface area (Å²) in [5.41, 5.74) is 5.65. The number of hydrogen-bond donors (Lipinski definition) is 1. The molecular formula is C11H20N4O. The Morgan fingerprint density at radius 2 is 2.12 bits per heavy atom. The van der Waals surface area contributed by atoms with Crippen molar-refractivity contribution in [1.29, 1.82) is 0 Å². The molecule has 0 radical (unpaired) electrons. The molecule has 1 rings (SSSR count). The molecule has 0 saturated carbocycles. The van der Waals surface area contributed by atoms with Crippen LogP contribution in [0, 0.1) is 0 Å². The topological polar surface area (TPSA) is 64.3 Å². The molecule has 0 aromatic carbocycles. The van der Waals surface area contributed by atoms with E-state index >= 15 is 0 Å². The summed E-state index contributed by atoms with van der Waals surface area (Å²) < 4.78 is 5.52. The molecule has 1 aromatic rings. The Bertz CT molecular complexity index is 328. The Labute approximate surface area is 96.6 Å². The third-order valence-corrected chi connectivity index (χ3v) is 2.08. The SMILES string of the molecule is CCc1nc(N)cc(OCCCN(C)C)n1. The van der Waals surface area contributed by atoms with Crippen molar-refractivity contribution in [2.75, 3.05) is 33.0 Å². The molecule has 1 heterocycles.